The van der Waals surface area contributed by atoms with Crippen molar-refractivity contribution in [3.8, 4) is 17.6 Å². The summed E-state index contributed by atoms with van der Waals surface area (Å²) in [5.74, 6) is -0.332. The number of nitriles is 1. The van der Waals surface area contributed by atoms with Gasteiger partial charge in [-0.1, -0.05) is 0 Å². The SMILES string of the molecule is COc1ccc(C(=O)OC(C)C(=O)Nc2sccc2C#N)cc1OC. The summed E-state index contributed by atoms with van der Waals surface area (Å²) < 4.78 is 15.4. The molecule has 0 bridgehead atoms. The minimum absolute atomic E-state index is 0.228. The molecule has 0 spiro atoms. The van der Waals surface area contributed by atoms with Crippen LogP contribution in [0.25, 0.3) is 0 Å². The topological polar surface area (TPSA) is 97.6 Å². The Balaban J connectivity index is 2.04. The van der Waals surface area contributed by atoms with Gasteiger partial charge in [-0.15, -0.1) is 11.3 Å². The number of hydrogen-bond donors (Lipinski definition) is 1. The van der Waals surface area contributed by atoms with Gasteiger partial charge in [-0.05, 0) is 36.6 Å². The maximum Gasteiger partial charge on any atom is 0.339 e. The lowest BCUT2D eigenvalue weighted by Gasteiger charge is -2.14. The first-order valence-electron chi connectivity index (χ1n) is 7.21. The van der Waals surface area contributed by atoms with E-state index in [1.807, 2.05) is 6.07 Å². The minimum Gasteiger partial charge on any atom is -0.493 e. The molecular weight excluding hydrogens is 344 g/mol. The Morgan fingerprint density at radius 3 is 2.56 bits per heavy atom. The molecule has 1 N–H and O–H groups in total. The summed E-state index contributed by atoms with van der Waals surface area (Å²) in [4.78, 5) is 24.3. The standard InChI is InChI=1S/C17H16N2O5S/c1-10(15(20)19-16-12(9-18)6-7-25-16)24-17(21)11-4-5-13(22-2)14(8-11)23-3/h4-8,10H,1-3H3,(H,19,20). The first kappa shape index (κ1) is 18.3. The highest BCUT2D eigenvalue weighted by atomic mass is 32.1. The van der Waals surface area contributed by atoms with E-state index in [0.717, 1.165) is 0 Å². The van der Waals surface area contributed by atoms with Crippen molar-refractivity contribution >= 4 is 28.2 Å². The summed E-state index contributed by atoms with van der Waals surface area (Å²) in [7, 11) is 2.94. The molecule has 2 aromatic rings. The number of amides is 1. The lowest BCUT2D eigenvalue weighted by molar-refractivity contribution is -0.123. The molecule has 1 aromatic heterocycles. The van der Waals surface area contributed by atoms with Gasteiger partial charge in [0, 0.05) is 0 Å². The van der Waals surface area contributed by atoms with E-state index < -0.39 is 18.0 Å². The van der Waals surface area contributed by atoms with Gasteiger partial charge in [0.1, 0.15) is 11.1 Å². The Morgan fingerprint density at radius 1 is 1.20 bits per heavy atom. The van der Waals surface area contributed by atoms with Gasteiger partial charge < -0.3 is 19.5 Å². The molecule has 0 aliphatic carbocycles. The van der Waals surface area contributed by atoms with Gasteiger partial charge in [-0.3, -0.25) is 4.79 Å². The maximum absolute atomic E-state index is 12.2. The van der Waals surface area contributed by atoms with Crippen molar-refractivity contribution in [1.82, 2.24) is 0 Å². The normalized spacial score (nSPS) is 11.1. The van der Waals surface area contributed by atoms with Crippen LogP contribution in [0, 0.1) is 11.3 Å². The fourth-order valence-corrected chi connectivity index (χ4v) is 2.69. The van der Waals surface area contributed by atoms with E-state index in [4.69, 9.17) is 19.5 Å². The number of esters is 1. The van der Waals surface area contributed by atoms with Crippen molar-refractivity contribution in [2.45, 2.75) is 13.0 Å². The Hall–Kier alpha value is -3.05. The molecular formula is C17H16N2O5S. The summed E-state index contributed by atoms with van der Waals surface area (Å²) >= 11 is 1.22. The average molecular weight is 360 g/mol. The number of carbonyl (C=O) groups excluding carboxylic acids is 2. The smallest absolute Gasteiger partial charge is 0.339 e. The zero-order chi connectivity index (χ0) is 18.4. The lowest BCUT2D eigenvalue weighted by Crippen LogP contribution is -2.29. The molecule has 0 radical (unpaired) electrons. The fourth-order valence-electron chi connectivity index (χ4n) is 1.95. The molecule has 130 valence electrons. The van der Waals surface area contributed by atoms with Gasteiger partial charge in [0.25, 0.3) is 5.91 Å². The summed E-state index contributed by atoms with van der Waals surface area (Å²) in [6, 6.07) is 8.13. The first-order chi connectivity index (χ1) is 12.0. The Morgan fingerprint density at radius 2 is 1.92 bits per heavy atom. The van der Waals surface area contributed by atoms with Crippen molar-refractivity contribution in [3.05, 3.63) is 40.8 Å². The van der Waals surface area contributed by atoms with Crippen LogP contribution < -0.4 is 14.8 Å². The quantitative estimate of drug-likeness (QED) is 0.796. The predicted octanol–water partition coefficient (Wildman–Crippen LogP) is 2.82. The van der Waals surface area contributed by atoms with Crippen molar-refractivity contribution in [3.63, 3.8) is 0 Å². The number of thiophene rings is 1. The fraction of sp³-hybridized carbons (Fsp3) is 0.235. The van der Waals surface area contributed by atoms with Gasteiger partial charge in [0.15, 0.2) is 17.6 Å². The molecule has 0 aliphatic rings. The van der Waals surface area contributed by atoms with Gasteiger partial charge in [-0.2, -0.15) is 5.26 Å². The zero-order valence-electron chi connectivity index (χ0n) is 13.9. The van der Waals surface area contributed by atoms with E-state index in [9.17, 15) is 9.59 Å². The van der Waals surface area contributed by atoms with Crippen LogP contribution in [0.3, 0.4) is 0 Å². The van der Waals surface area contributed by atoms with Crippen molar-refractivity contribution in [2.24, 2.45) is 0 Å². The highest BCUT2D eigenvalue weighted by Crippen LogP contribution is 2.28. The number of nitrogens with zero attached hydrogens (tertiary/aromatic N) is 1. The molecule has 0 fully saturated rings. The van der Waals surface area contributed by atoms with Crippen LogP contribution >= 0.6 is 11.3 Å². The molecule has 0 saturated carbocycles. The van der Waals surface area contributed by atoms with Crippen LogP contribution in [0.4, 0.5) is 5.00 Å². The molecule has 1 atom stereocenters. The molecule has 1 unspecified atom stereocenters. The van der Waals surface area contributed by atoms with Gasteiger partial charge >= 0.3 is 5.97 Å². The molecule has 0 aliphatic heterocycles. The second-order valence-corrected chi connectivity index (χ2v) is 5.80. The minimum atomic E-state index is -1.03. The number of anilines is 1. The summed E-state index contributed by atoms with van der Waals surface area (Å²) in [6.45, 7) is 1.45. The zero-order valence-corrected chi connectivity index (χ0v) is 14.7. The number of hydrogen-bond acceptors (Lipinski definition) is 7. The van der Waals surface area contributed by atoms with Crippen molar-refractivity contribution < 1.29 is 23.8 Å². The summed E-state index contributed by atoms with van der Waals surface area (Å²) in [6.07, 6.45) is -1.03. The third-order valence-corrected chi connectivity index (χ3v) is 4.12. The van der Waals surface area contributed by atoms with Crippen LogP contribution in [0.15, 0.2) is 29.6 Å². The molecule has 1 heterocycles. The highest BCUT2D eigenvalue weighted by Gasteiger charge is 2.21. The summed E-state index contributed by atoms with van der Waals surface area (Å²) in [5, 5.41) is 13.6. The molecule has 1 amide bonds. The Bertz CT molecular complexity index is 825. The number of methoxy groups -OCH3 is 2. The predicted molar refractivity (Wildman–Crippen MR) is 92.1 cm³/mol. The second-order valence-electron chi connectivity index (χ2n) is 4.88. The van der Waals surface area contributed by atoms with Crippen LogP contribution in [0.5, 0.6) is 11.5 Å². The van der Waals surface area contributed by atoms with E-state index in [1.54, 1.807) is 17.5 Å². The molecule has 2 rings (SSSR count). The second kappa shape index (κ2) is 8.17. The number of benzene rings is 1. The summed E-state index contributed by atoms with van der Waals surface area (Å²) in [5.41, 5.74) is 0.586. The Kier molecular flexibility index (Phi) is 5.98. The molecule has 0 saturated heterocycles. The molecule has 1 aromatic carbocycles. The number of carbonyl (C=O) groups is 2. The van der Waals surface area contributed by atoms with Crippen LogP contribution in [-0.2, 0) is 9.53 Å². The third-order valence-electron chi connectivity index (χ3n) is 3.29. The molecule has 8 heteroatoms. The number of ether oxygens (including phenoxy) is 3. The van der Waals surface area contributed by atoms with Crippen LogP contribution in [0.2, 0.25) is 0 Å². The van der Waals surface area contributed by atoms with E-state index >= 15 is 0 Å². The lowest BCUT2D eigenvalue weighted by atomic mass is 10.2. The molecule has 25 heavy (non-hydrogen) atoms. The van der Waals surface area contributed by atoms with Gasteiger partial charge in [0.2, 0.25) is 0 Å². The highest BCUT2D eigenvalue weighted by molar-refractivity contribution is 7.14. The van der Waals surface area contributed by atoms with Crippen LogP contribution in [-0.4, -0.2) is 32.2 Å². The van der Waals surface area contributed by atoms with Gasteiger partial charge in [0.05, 0.1) is 25.3 Å². The third kappa shape index (κ3) is 4.28. The van der Waals surface area contributed by atoms with E-state index in [-0.39, 0.29) is 5.56 Å². The van der Waals surface area contributed by atoms with Crippen molar-refractivity contribution in [2.75, 3.05) is 19.5 Å². The van der Waals surface area contributed by atoms with E-state index in [2.05, 4.69) is 5.32 Å². The number of nitrogens with one attached hydrogen (secondary N) is 1. The largest absolute Gasteiger partial charge is 0.493 e. The Labute approximate surface area is 148 Å². The average Bonchev–Trinajstić information content (AvgIpc) is 3.07. The van der Waals surface area contributed by atoms with Gasteiger partial charge in [-0.25, -0.2) is 4.79 Å². The first-order valence-corrected chi connectivity index (χ1v) is 8.09. The monoisotopic (exact) mass is 360 g/mol. The van der Waals surface area contributed by atoms with Crippen LogP contribution in [0.1, 0.15) is 22.8 Å². The maximum atomic E-state index is 12.2. The van der Waals surface area contributed by atoms with Crippen molar-refractivity contribution in [1.29, 1.82) is 5.26 Å². The van der Waals surface area contributed by atoms with E-state index in [0.29, 0.717) is 22.1 Å². The number of rotatable bonds is 6. The molecule has 7 nitrogen and oxygen atoms in total. The van der Waals surface area contributed by atoms with E-state index in [1.165, 1.54) is 44.6 Å².